The molecule has 0 amide bonds. The van der Waals surface area contributed by atoms with Gasteiger partial charge in [-0.2, -0.15) is 0 Å². The van der Waals surface area contributed by atoms with Crippen molar-refractivity contribution in [2.24, 2.45) is 0 Å². The monoisotopic (exact) mass is 326 g/mol. The first-order valence-corrected chi connectivity index (χ1v) is 8.74. The van der Waals surface area contributed by atoms with Crippen molar-refractivity contribution in [3.63, 3.8) is 0 Å². The molecule has 0 aromatic heterocycles. The SMILES string of the molecule is Cc1cc(C)cc(C[NH2+]Cc2ccc(C#Cc3ccccc3)cc2)c1. The van der Waals surface area contributed by atoms with Crippen molar-refractivity contribution in [1.82, 2.24) is 0 Å². The van der Waals surface area contributed by atoms with Crippen LogP contribution in [0, 0.1) is 25.7 Å². The van der Waals surface area contributed by atoms with Crippen molar-refractivity contribution in [3.05, 3.63) is 106 Å². The van der Waals surface area contributed by atoms with Gasteiger partial charge in [-0.25, -0.2) is 0 Å². The Morgan fingerprint density at radius 2 is 1.20 bits per heavy atom. The van der Waals surface area contributed by atoms with E-state index in [9.17, 15) is 0 Å². The fraction of sp³-hybridized carbons (Fsp3) is 0.167. The highest BCUT2D eigenvalue weighted by molar-refractivity contribution is 5.43. The minimum Gasteiger partial charge on any atom is -0.339 e. The van der Waals surface area contributed by atoms with E-state index in [4.69, 9.17) is 0 Å². The summed E-state index contributed by atoms with van der Waals surface area (Å²) >= 11 is 0. The van der Waals surface area contributed by atoms with Crippen LogP contribution in [0.2, 0.25) is 0 Å². The molecule has 0 aliphatic heterocycles. The molecule has 0 radical (unpaired) electrons. The van der Waals surface area contributed by atoms with Crippen LogP contribution in [0.25, 0.3) is 0 Å². The van der Waals surface area contributed by atoms with Crippen LogP contribution in [-0.4, -0.2) is 0 Å². The summed E-state index contributed by atoms with van der Waals surface area (Å²) < 4.78 is 0. The highest BCUT2D eigenvalue weighted by Crippen LogP contribution is 2.08. The summed E-state index contributed by atoms with van der Waals surface area (Å²) in [5.74, 6) is 6.42. The van der Waals surface area contributed by atoms with Crippen LogP contribution in [-0.2, 0) is 13.1 Å². The third kappa shape index (κ3) is 5.35. The third-order valence-electron chi connectivity index (χ3n) is 4.12. The predicted octanol–water partition coefficient (Wildman–Crippen LogP) is 3.97. The van der Waals surface area contributed by atoms with Crippen molar-refractivity contribution < 1.29 is 5.32 Å². The number of hydrogen-bond donors (Lipinski definition) is 1. The van der Waals surface area contributed by atoms with Crippen LogP contribution >= 0.6 is 0 Å². The van der Waals surface area contributed by atoms with Gasteiger partial charge in [0.15, 0.2) is 0 Å². The molecular formula is C24H24N+. The van der Waals surface area contributed by atoms with E-state index in [-0.39, 0.29) is 0 Å². The molecule has 0 spiro atoms. The standard InChI is InChI=1S/C24H23N/c1-19-14-20(2)16-24(15-19)18-25-17-23-12-10-22(11-13-23)9-8-21-6-4-3-5-7-21/h3-7,10-16,25H,17-18H2,1-2H3/p+1. The van der Waals surface area contributed by atoms with Crippen LogP contribution in [0.1, 0.15) is 33.4 Å². The predicted molar refractivity (Wildman–Crippen MR) is 104 cm³/mol. The fourth-order valence-corrected chi connectivity index (χ4v) is 2.98. The number of quaternary nitrogens is 1. The van der Waals surface area contributed by atoms with Gasteiger partial charge in [0.05, 0.1) is 0 Å². The van der Waals surface area contributed by atoms with Gasteiger partial charge in [0.2, 0.25) is 0 Å². The van der Waals surface area contributed by atoms with Gasteiger partial charge >= 0.3 is 0 Å². The van der Waals surface area contributed by atoms with Gasteiger partial charge in [-0.3, -0.25) is 0 Å². The second kappa shape index (κ2) is 8.33. The van der Waals surface area contributed by atoms with Crippen molar-refractivity contribution in [3.8, 4) is 11.8 Å². The van der Waals surface area contributed by atoms with Gasteiger partial charge in [-0.15, -0.1) is 0 Å². The molecule has 124 valence electrons. The highest BCUT2D eigenvalue weighted by atomic mass is 14.8. The lowest BCUT2D eigenvalue weighted by Gasteiger charge is -2.05. The van der Waals surface area contributed by atoms with E-state index >= 15 is 0 Å². The summed E-state index contributed by atoms with van der Waals surface area (Å²) in [6, 6.07) is 25.4. The number of nitrogens with two attached hydrogens (primary N) is 1. The number of rotatable bonds is 4. The molecule has 0 aliphatic rings. The molecule has 3 aromatic rings. The molecule has 1 nitrogen and oxygen atoms in total. The summed E-state index contributed by atoms with van der Waals surface area (Å²) in [5, 5.41) is 2.35. The molecule has 0 unspecified atom stereocenters. The normalized spacial score (nSPS) is 10.2. The van der Waals surface area contributed by atoms with E-state index < -0.39 is 0 Å². The average molecular weight is 326 g/mol. The molecule has 0 atom stereocenters. The van der Waals surface area contributed by atoms with Crippen LogP contribution < -0.4 is 5.32 Å². The second-order valence-corrected chi connectivity index (χ2v) is 6.51. The van der Waals surface area contributed by atoms with Gasteiger partial charge in [0.1, 0.15) is 13.1 Å². The fourth-order valence-electron chi connectivity index (χ4n) is 2.98. The summed E-state index contributed by atoms with van der Waals surface area (Å²) in [5.41, 5.74) is 7.50. The van der Waals surface area contributed by atoms with E-state index in [2.05, 4.69) is 73.5 Å². The first-order chi connectivity index (χ1) is 12.2. The Kier molecular flexibility index (Phi) is 5.67. The van der Waals surface area contributed by atoms with Crippen molar-refractivity contribution >= 4 is 0 Å². The molecular weight excluding hydrogens is 302 g/mol. The Morgan fingerprint density at radius 1 is 0.640 bits per heavy atom. The Labute approximate surface area is 150 Å². The molecule has 0 heterocycles. The van der Waals surface area contributed by atoms with E-state index in [1.807, 2.05) is 30.3 Å². The Morgan fingerprint density at radius 3 is 1.84 bits per heavy atom. The lowest BCUT2D eigenvalue weighted by molar-refractivity contribution is -0.686. The molecule has 2 N–H and O–H groups in total. The zero-order chi connectivity index (χ0) is 17.5. The van der Waals surface area contributed by atoms with E-state index in [0.717, 1.165) is 24.2 Å². The van der Waals surface area contributed by atoms with Gasteiger partial charge in [0, 0.05) is 22.3 Å². The molecule has 0 saturated carbocycles. The topological polar surface area (TPSA) is 16.6 Å². The van der Waals surface area contributed by atoms with Gasteiger partial charge in [-0.1, -0.05) is 71.5 Å². The minimum atomic E-state index is 0.985. The van der Waals surface area contributed by atoms with Crippen molar-refractivity contribution in [1.29, 1.82) is 0 Å². The van der Waals surface area contributed by atoms with Gasteiger partial charge < -0.3 is 5.32 Å². The molecule has 0 aliphatic carbocycles. The first-order valence-electron chi connectivity index (χ1n) is 8.74. The molecule has 25 heavy (non-hydrogen) atoms. The quantitative estimate of drug-likeness (QED) is 0.699. The van der Waals surface area contributed by atoms with E-state index in [1.165, 1.54) is 22.3 Å². The number of aryl methyl sites for hydroxylation is 2. The van der Waals surface area contributed by atoms with E-state index in [0.29, 0.717) is 0 Å². The molecule has 0 fully saturated rings. The molecule has 0 saturated heterocycles. The largest absolute Gasteiger partial charge is 0.339 e. The van der Waals surface area contributed by atoms with Crippen LogP contribution in [0.5, 0.6) is 0 Å². The molecule has 3 rings (SSSR count). The maximum atomic E-state index is 3.22. The lowest BCUT2D eigenvalue weighted by atomic mass is 10.1. The zero-order valence-electron chi connectivity index (χ0n) is 14.9. The second-order valence-electron chi connectivity index (χ2n) is 6.51. The zero-order valence-corrected chi connectivity index (χ0v) is 14.9. The Hall–Kier alpha value is -2.82. The van der Waals surface area contributed by atoms with Crippen LogP contribution in [0.15, 0.2) is 72.8 Å². The maximum absolute atomic E-state index is 3.22. The smallest absolute Gasteiger partial charge is 0.102 e. The molecule has 1 heteroatoms. The minimum absolute atomic E-state index is 0.985. The maximum Gasteiger partial charge on any atom is 0.102 e. The van der Waals surface area contributed by atoms with Gasteiger partial charge in [-0.05, 0) is 38.1 Å². The summed E-state index contributed by atoms with van der Waals surface area (Å²) in [6.07, 6.45) is 0. The van der Waals surface area contributed by atoms with E-state index in [1.54, 1.807) is 0 Å². The highest BCUT2D eigenvalue weighted by Gasteiger charge is 2.00. The number of hydrogen-bond acceptors (Lipinski definition) is 0. The van der Waals surface area contributed by atoms with Crippen LogP contribution in [0.3, 0.4) is 0 Å². The summed E-state index contributed by atoms with van der Waals surface area (Å²) in [7, 11) is 0. The number of benzene rings is 3. The van der Waals surface area contributed by atoms with Crippen LogP contribution in [0.4, 0.5) is 0 Å². The molecule has 3 aromatic carbocycles. The van der Waals surface area contributed by atoms with Crippen molar-refractivity contribution in [2.45, 2.75) is 26.9 Å². The Balaban J connectivity index is 1.55. The van der Waals surface area contributed by atoms with Crippen molar-refractivity contribution in [2.75, 3.05) is 0 Å². The lowest BCUT2D eigenvalue weighted by Crippen LogP contribution is -2.80. The summed E-state index contributed by atoms with van der Waals surface area (Å²) in [6.45, 7) is 6.31. The van der Waals surface area contributed by atoms with Gasteiger partial charge in [0.25, 0.3) is 0 Å². The average Bonchev–Trinajstić information content (AvgIpc) is 2.61. The molecule has 0 bridgehead atoms. The Bertz CT molecular complexity index is 861. The third-order valence-corrected chi connectivity index (χ3v) is 4.12. The summed E-state index contributed by atoms with van der Waals surface area (Å²) in [4.78, 5) is 0. The first kappa shape index (κ1) is 17.0.